The summed E-state index contributed by atoms with van der Waals surface area (Å²) in [7, 11) is -2.31. The number of sulfonamides is 1. The van der Waals surface area contributed by atoms with Crippen molar-refractivity contribution in [1.29, 1.82) is 0 Å². The number of piperazine rings is 2. The van der Waals surface area contributed by atoms with Crippen molar-refractivity contribution < 1.29 is 17.9 Å². The monoisotopic (exact) mass is 568 g/mol. The number of benzene rings is 3. The lowest BCUT2D eigenvalue weighted by Gasteiger charge is -2.44. The number of anilines is 2. The highest BCUT2D eigenvalue weighted by atomic mass is 35.5. The molecular weight excluding hydrogens is 536 g/mol. The maximum Gasteiger partial charge on any atom is 0.246 e. The second kappa shape index (κ2) is 11.5. The molecule has 0 radical (unpaired) electrons. The average molecular weight is 569 g/mol. The quantitative estimate of drug-likeness (QED) is 0.449. The van der Waals surface area contributed by atoms with Gasteiger partial charge in [-0.2, -0.15) is 4.31 Å². The molecular formula is C29H33ClN4O4S. The standard InChI is InChI=1S/C29H33ClN4O4S/c1-22-11-12-23(30)19-27(22)31-13-15-32(16-14-31)29(35)28-21-33(17-18-34(28)24-7-4-3-5-8-24)39(36,37)26-10-6-9-25(20-26)38-2/h3-12,19-20,28H,13-18,21H2,1-2H3. The van der Waals surface area contributed by atoms with Gasteiger partial charge >= 0.3 is 0 Å². The maximum absolute atomic E-state index is 14.0. The summed E-state index contributed by atoms with van der Waals surface area (Å²) in [6.07, 6.45) is 0. The Morgan fingerprint density at radius 2 is 1.64 bits per heavy atom. The Bertz CT molecular complexity index is 1430. The maximum atomic E-state index is 14.0. The van der Waals surface area contributed by atoms with Crippen LogP contribution in [0.4, 0.5) is 11.4 Å². The van der Waals surface area contributed by atoms with Gasteiger partial charge in [0.25, 0.3) is 0 Å². The van der Waals surface area contributed by atoms with Gasteiger partial charge in [0.2, 0.25) is 15.9 Å². The first-order valence-electron chi connectivity index (χ1n) is 13.0. The first-order chi connectivity index (χ1) is 18.8. The SMILES string of the molecule is COc1cccc(S(=O)(=O)N2CCN(c3ccccc3)C(C(=O)N3CCN(c4cc(Cl)ccc4C)CC3)C2)c1. The molecule has 0 spiro atoms. The first kappa shape index (κ1) is 27.3. The molecule has 2 aliphatic heterocycles. The van der Waals surface area contributed by atoms with Crippen LogP contribution in [0, 0.1) is 6.92 Å². The van der Waals surface area contributed by atoms with Crippen LogP contribution in [0.1, 0.15) is 5.56 Å². The van der Waals surface area contributed by atoms with Gasteiger partial charge in [-0.3, -0.25) is 4.79 Å². The first-order valence-corrected chi connectivity index (χ1v) is 14.9. The summed E-state index contributed by atoms with van der Waals surface area (Å²) in [4.78, 5) is 20.3. The van der Waals surface area contributed by atoms with Crippen LogP contribution < -0.4 is 14.5 Å². The summed E-state index contributed by atoms with van der Waals surface area (Å²) in [6, 6.07) is 21.4. The van der Waals surface area contributed by atoms with Crippen molar-refractivity contribution in [3.8, 4) is 5.75 Å². The van der Waals surface area contributed by atoms with E-state index in [0.29, 0.717) is 43.5 Å². The molecule has 0 N–H and O–H groups in total. The third kappa shape index (κ3) is 5.71. The van der Waals surface area contributed by atoms with E-state index < -0.39 is 16.1 Å². The van der Waals surface area contributed by atoms with Crippen LogP contribution in [0.2, 0.25) is 5.02 Å². The van der Waals surface area contributed by atoms with Crippen LogP contribution in [0.15, 0.2) is 77.7 Å². The molecule has 2 aliphatic rings. The zero-order valence-corrected chi connectivity index (χ0v) is 23.7. The Morgan fingerprint density at radius 1 is 0.897 bits per heavy atom. The summed E-state index contributed by atoms with van der Waals surface area (Å²) in [6.45, 7) is 5.26. The average Bonchev–Trinajstić information content (AvgIpc) is 2.98. The van der Waals surface area contributed by atoms with Gasteiger partial charge in [0, 0.05) is 68.3 Å². The molecule has 8 nitrogen and oxygen atoms in total. The smallest absolute Gasteiger partial charge is 0.246 e. The molecule has 3 aromatic rings. The Balaban J connectivity index is 1.37. The van der Waals surface area contributed by atoms with Crippen LogP contribution in [-0.4, -0.2) is 82.5 Å². The highest BCUT2D eigenvalue weighted by Gasteiger charge is 2.40. The van der Waals surface area contributed by atoms with Crippen LogP contribution >= 0.6 is 11.6 Å². The van der Waals surface area contributed by atoms with E-state index in [-0.39, 0.29) is 23.9 Å². The Kier molecular flexibility index (Phi) is 8.02. The number of rotatable bonds is 6. The third-order valence-corrected chi connectivity index (χ3v) is 9.59. The van der Waals surface area contributed by atoms with E-state index in [4.69, 9.17) is 16.3 Å². The van der Waals surface area contributed by atoms with E-state index in [1.165, 1.54) is 17.5 Å². The summed E-state index contributed by atoms with van der Waals surface area (Å²) in [5.74, 6) is 0.409. The van der Waals surface area contributed by atoms with Crippen LogP contribution in [0.3, 0.4) is 0 Å². The van der Waals surface area contributed by atoms with Crippen molar-refractivity contribution in [2.75, 3.05) is 62.7 Å². The summed E-state index contributed by atoms with van der Waals surface area (Å²) < 4.78 is 33.9. The van der Waals surface area contributed by atoms with Gasteiger partial charge in [-0.05, 0) is 48.9 Å². The highest BCUT2D eigenvalue weighted by Crippen LogP contribution is 2.29. The molecule has 2 saturated heterocycles. The molecule has 5 rings (SSSR count). The number of nitrogens with zero attached hydrogens (tertiary/aromatic N) is 4. The molecule has 0 aromatic heterocycles. The Hall–Kier alpha value is -3.27. The number of para-hydroxylation sites is 1. The van der Waals surface area contributed by atoms with Crippen molar-refractivity contribution in [3.05, 3.63) is 83.4 Å². The van der Waals surface area contributed by atoms with Crippen molar-refractivity contribution in [1.82, 2.24) is 9.21 Å². The molecule has 2 fully saturated rings. The van der Waals surface area contributed by atoms with Crippen LogP contribution in [0.5, 0.6) is 5.75 Å². The molecule has 1 amide bonds. The highest BCUT2D eigenvalue weighted by molar-refractivity contribution is 7.89. The molecule has 0 saturated carbocycles. The lowest BCUT2D eigenvalue weighted by Crippen LogP contribution is -2.62. The largest absolute Gasteiger partial charge is 0.497 e. The summed E-state index contributed by atoms with van der Waals surface area (Å²) >= 11 is 6.25. The summed E-state index contributed by atoms with van der Waals surface area (Å²) in [5, 5.41) is 0.687. The Labute approximate surface area is 235 Å². The zero-order chi connectivity index (χ0) is 27.6. The van der Waals surface area contributed by atoms with E-state index in [1.807, 2.05) is 58.3 Å². The molecule has 0 aliphatic carbocycles. The van der Waals surface area contributed by atoms with Gasteiger partial charge in [0.1, 0.15) is 11.8 Å². The molecule has 1 unspecified atom stereocenters. The van der Waals surface area contributed by atoms with Crippen molar-refractivity contribution >= 4 is 38.9 Å². The van der Waals surface area contributed by atoms with Gasteiger partial charge in [-0.1, -0.05) is 41.9 Å². The van der Waals surface area contributed by atoms with Crippen molar-refractivity contribution in [2.45, 2.75) is 17.9 Å². The van der Waals surface area contributed by atoms with E-state index in [9.17, 15) is 13.2 Å². The minimum atomic E-state index is -3.82. The molecule has 2 heterocycles. The molecule has 1 atom stereocenters. The van der Waals surface area contributed by atoms with E-state index in [2.05, 4.69) is 11.8 Å². The van der Waals surface area contributed by atoms with E-state index in [1.54, 1.807) is 18.2 Å². The van der Waals surface area contributed by atoms with E-state index >= 15 is 0 Å². The Morgan fingerprint density at radius 3 is 2.36 bits per heavy atom. The zero-order valence-electron chi connectivity index (χ0n) is 22.2. The molecule has 39 heavy (non-hydrogen) atoms. The number of amides is 1. The van der Waals surface area contributed by atoms with Gasteiger partial charge in [-0.15, -0.1) is 0 Å². The fourth-order valence-electron chi connectivity index (χ4n) is 5.33. The second-order valence-electron chi connectivity index (χ2n) is 9.83. The number of aryl methyl sites for hydroxylation is 1. The molecule has 0 bridgehead atoms. The van der Waals surface area contributed by atoms with Gasteiger partial charge in [-0.25, -0.2) is 8.42 Å². The predicted octanol–water partition coefficient (Wildman–Crippen LogP) is 3.89. The third-order valence-electron chi connectivity index (χ3n) is 7.50. The van der Waals surface area contributed by atoms with Crippen molar-refractivity contribution in [2.24, 2.45) is 0 Å². The molecule has 10 heteroatoms. The normalized spacial score (nSPS) is 18.7. The van der Waals surface area contributed by atoms with Gasteiger partial charge < -0.3 is 19.4 Å². The van der Waals surface area contributed by atoms with Gasteiger partial charge in [0.15, 0.2) is 0 Å². The lowest BCUT2D eigenvalue weighted by atomic mass is 10.1. The van der Waals surface area contributed by atoms with Gasteiger partial charge in [0.05, 0.1) is 12.0 Å². The second-order valence-corrected chi connectivity index (χ2v) is 12.2. The number of carbonyl (C=O) groups is 1. The minimum absolute atomic E-state index is 0.0631. The summed E-state index contributed by atoms with van der Waals surface area (Å²) in [5.41, 5.74) is 3.12. The van der Waals surface area contributed by atoms with Crippen LogP contribution in [0.25, 0.3) is 0 Å². The number of carbonyl (C=O) groups excluding carboxylic acids is 1. The fraction of sp³-hybridized carbons (Fsp3) is 0.345. The topological polar surface area (TPSA) is 73.4 Å². The number of hydrogen-bond donors (Lipinski definition) is 0. The molecule has 206 valence electrons. The molecule has 3 aromatic carbocycles. The number of ether oxygens (including phenoxy) is 1. The van der Waals surface area contributed by atoms with Crippen molar-refractivity contribution in [3.63, 3.8) is 0 Å². The van der Waals surface area contributed by atoms with E-state index in [0.717, 1.165) is 16.9 Å². The van der Waals surface area contributed by atoms with Crippen LogP contribution in [-0.2, 0) is 14.8 Å². The lowest BCUT2D eigenvalue weighted by molar-refractivity contribution is -0.133. The predicted molar refractivity (Wildman–Crippen MR) is 154 cm³/mol. The number of halogens is 1. The fourth-order valence-corrected chi connectivity index (χ4v) is 6.97. The minimum Gasteiger partial charge on any atom is -0.497 e. The number of hydrogen-bond acceptors (Lipinski definition) is 6. The number of methoxy groups -OCH3 is 1.